The lowest BCUT2D eigenvalue weighted by Gasteiger charge is -2.01. The third-order valence-corrected chi connectivity index (χ3v) is 2.21. The van der Waals surface area contributed by atoms with Crippen LogP contribution in [-0.2, 0) is 11.3 Å². The molecule has 5 nitrogen and oxygen atoms in total. The van der Waals surface area contributed by atoms with Gasteiger partial charge >= 0.3 is 5.97 Å². The maximum atomic E-state index is 12.2. The molecule has 0 aromatic carbocycles. The van der Waals surface area contributed by atoms with Crippen LogP contribution in [0.2, 0.25) is 0 Å². The number of hydrogen-bond acceptors (Lipinski definition) is 4. The molecule has 6 heteroatoms. The second kappa shape index (κ2) is 4.26. The molecule has 0 unspecified atom stereocenters. The molecule has 0 radical (unpaired) electrons. The summed E-state index contributed by atoms with van der Waals surface area (Å²) in [6.07, 6.45) is 2.95. The Bertz CT molecular complexity index is 524. The Morgan fingerprint density at radius 2 is 2.38 bits per heavy atom. The van der Waals surface area contributed by atoms with Gasteiger partial charge in [0, 0.05) is 6.20 Å². The molecule has 0 aliphatic carbocycles. The van der Waals surface area contributed by atoms with Crippen LogP contribution in [0.3, 0.4) is 0 Å². The highest BCUT2D eigenvalue weighted by atomic mass is 19.1. The molecule has 16 heavy (non-hydrogen) atoms. The Morgan fingerprint density at radius 1 is 1.56 bits per heavy atom. The van der Waals surface area contributed by atoms with Crippen LogP contribution in [0.1, 0.15) is 10.4 Å². The summed E-state index contributed by atoms with van der Waals surface area (Å²) in [5.41, 5.74) is 1.58. The number of fused-ring (bicyclic) bond motifs is 1. The van der Waals surface area contributed by atoms with Crippen molar-refractivity contribution in [3.8, 4) is 0 Å². The van der Waals surface area contributed by atoms with Crippen molar-refractivity contribution in [2.24, 2.45) is 0 Å². The third-order valence-electron chi connectivity index (χ3n) is 2.21. The lowest BCUT2D eigenvalue weighted by atomic mass is 10.2. The van der Waals surface area contributed by atoms with Gasteiger partial charge in [0.05, 0.1) is 30.9 Å². The SMILES string of the molecule is COC(=O)c1cnc2cnn(CCF)c2c1. The second-order valence-corrected chi connectivity index (χ2v) is 3.18. The van der Waals surface area contributed by atoms with Crippen molar-refractivity contribution in [3.63, 3.8) is 0 Å². The Hall–Kier alpha value is -1.98. The molecular formula is C10H10FN3O2. The van der Waals surface area contributed by atoms with E-state index < -0.39 is 12.6 Å². The highest BCUT2D eigenvalue weighted by Gasteiger charge is 2.10. The smallest absolute Gasteiger partial charge is 0.339 e. The number of carbonyl (C=O) groups excluding carboxylic acids is 1. The molecule has 2 heterocycles. The highest BCUT2D eigenvalue weighted by molar-refractivity contribution is 5.92. The third kappa shape index (κ3) is 1.73. The van der Waals surface area contributed by atoms with Crippen LogP contribution >= 0.6 is 0 Å². The zero-order valence-corrected chi connectivity index (χ0v) is 8.68. The number of aryl methyl sites for hydroxylation is 1. The van der Waals surface area contributed by atoms with E-state index >= 15 is 0 Å². The van der Waals surface area contributed by atoms with Gasteiger partial charge in [0.1, 0.15) is 12.2 Å². The van der Waals surface area contributed by atoms with Gasteiger partial charge in [-0.2, -0.15) is 5.10 Å². The average Bonchev–Trinajstić information content (AvgIpc) is 2.71. The summed E-state index contributed by atoms with van der Waals surface area (Å²) in [6, 6.07) is 1.59. The first-order valence-corrected chi connectivity index (χ1v) is 4.72. The van der Waals surface area contributed by atoms with Gasteiger partial charge in [-0.15, -0.1) is 0 Å². The molecule has 0 bridgehead atoms. The molecule has 84 valence electrons. The van der Waals surface area contributed by atoms with Gasteiger partial charge in [0.15, 0.2) is 0 Å². The van der Waals surface area contributed by atoms with Crippen molar-refractivity contribution in [1.29, 1.82) is 0 Å². The van der Waals surface area contributed by atoms with E-state index in [0.29, 0.717) is 16.6 Å². The van der Waals surface area contributed by atoms with Crippen LogP contribution in [-0.4, -0.2) is 34.5 Å². The number of alkyl halides is 1. The van der Waals surface area contributed by atoms with Crippen molar-refractivity contribution in [3.05, 3.63) is 24.0 Å². The van der Waals surface area contributed by atoms with Gasteiger partial charge in [-0.25, -0.2) is 9.18 Å². The Kier molecular flexibility index (Phi) is 2.80. The number of ether oxygens (including phenoxy) is 1. The van der Waals surface area contributed by atoms with Crippen molar-refractivity contribution in [2.45, 2.75) is 6.54 Å². The zero-order chi connectivity index (χ0) is 11.5. The number of hydrogen-bond donors (Lipinski definition) is 0. The van der Waals surface area contributed by atoms with Crippen LogP contribution in [0.5, 0.6) is 0 Å². The molecule has 0 aliphatic heterocycles. The van der Waals surface area contributed by atoms with Crippen LogP contribution in [0.4, 0.5) is 4.39 Å². The summed E-state index contributed by atoms with van der Waals surface area (Å²) >= 11 is 0. The molecule has 2 rings (SSSR count). The molecule has 2 aromatic rings. The molecule has 0 atom stereocenters. The van der Waals surface area contributed by atoms with E-state index in [1.54, 1.807) is 6.07 Å². The normalized spacial score (nSPS) is 10.6. The maximum Gasteiger partial charge on any atom is 0.339 e. The minimum atomic E-state index is -0.515. The number of nitrogens with zero attached hydrogens (tertiary/aromatic N) is 3. The fourth-order valence-electron chi connectivity index (χ4n) is 1.44. The molecule has 0 saturated carbocycles. The van der Waals surface area contributed by atoms with Crippen molar-refractivity contribution >= 4 is 17.0 Å². The summed E-state index contributed by atoms with van der Waals surface area (Å²) in [5.74, 6) is -0.470. The first kappa shape index (κ1) is 10.5. The monoisotopic (exact) mass is 223 g/mol. The lowest BCUT2D eigenvalue weighted by Crippen LogP contribution is -2.04. The van der Waals surface area contributed by atoms with Crippen LogP contribution in [0.15, 0.2) is 18.5 Å². The van der Waals surface area contributed by atoms with Gasteiger partial charge in [-0.3, -0.25) is 9.67 Å². The van der Waals surface area contributed by atoms with Crippen molar-refractivity contribution in [2.75, 3.05) is 13.8 Å². The summed E-state index contributed by atoms with van der Waals surface area (Å²) in [6.45, 7) is -0.366. The van der Waals surface area contributed by atoms with E-state index in [-0.39, 0.29) is 6.54 Å². The summed E-state index contributed by atoms with van der Waals surface area (Å²) in [7, 11) is 1.30. The minimum absolute atomic E-state index is 0.149. The summed E-state index contributed by atoms with van der Waals surface area (Å²) in [5, 5.41) is 3.97. The Morgan fingerprint density at radius 3 is 3.06 bits per heavy atom. The molecule has 0 spiro atoms. The first-order valence-electron chi connectivity index (χ1n) is 4.72. The standard InChI is InChI=1S/C10H10FN3O2/c1-16-10(15)7-4-9-8(12-5-7)6-13-14(9)3-2-11/h4-6H,2-3H2,1H3. The second-order valence-electron chi connectivity index (χ2n) is 3.18. The van der Waals surface area contributed by atoms with E-state index in [1.165, 1.54) is 24.2 Å². The van der Waals surface area contributed by atoms with Crippen molar-refractivity contribution in [1.82, 2.24) is 14.8 Å². The van der Waals surface area contributed by atoms with Crippen LogP contribution in [0, 0.1) is 0 Å². The Labute approximate surface area is 90.8 Å². The molecule has 0 saturated heterocycles. The number of esters is 1. The maximum absolute atomic E-state index is 12.2. The molecule has 2 aromatic heterocycles. The fourth-order valence-corrected chi connectivity index (χ4v) is 1.44. The number of carbonyl (C=O) groups is 1. The zero-order valence-electron chi connectivity index (χ0n) is 8.68. The number of aromatic nitrogens is 3. The van der Waals surface area contributed by atoms with E-state index in [2.05, 4.69) is 14.8 Å². The number of halogens is 1. The van der Waals surface area contributed by atoms with Crippen LogP contribution in [0.25, 0.3) is 11.0 Å². The van der Waals surface area contributed by atoms with Crippen molar-refractivity contribution < 1.29 is 13.9 Å². The van der Waals surface area contributed by atoms with Gasteiger partial charge < -0.3 is 4.74 Å². The number of rotatable bonds is 3. The predicted molar refractivity (Wildman–Crippen MR) is 54.8 cm³/mol. The number of pyridine rings is 1. The summed E-state index contributed by atoms with van der Waals surface area (Å²) in [4.78, 5) is 15.3. The predicted octanol–water partition coefficient (Wildman–Crippen LogP) is 1.19. The topological polar surface area (TPSA) is 57.0 Å². The number of methoxy groups -OCH3 is 1. The average molecular weight is 223 g/mol. The van der Waals surface area contributed by atoms with Gasteiger partial charge in [0.25, 0.3) is 0 Å². The largest absolute Gasteiger partial charge is 0.465 e. The molecule has 0 N–H and O–H groups in total. The summed E-state index contributed by atoms with van der Waals surface area (Å²) < 4.78 is 18.3. The first-order chi connectivity index (χ1) is 7.76. The minimum Gasteiger partial charge on any atom is -0.465 e. The van der Waals surface area contributed by atoms with E-state index in [4.69, 9.17) is 0 Å². The van der Waals surface area contributed by atoms with E-state index in [1.807, 2.05) is 0 Å². The molecular weight excluding hydrogens is 213 g/mol. The fraction of sp³-hybridized carbons (Fsp3) is 0.300. The molecule has 0 aliphatic rings. The Balaban J connectivity index is 2.49. The van der Waals surface area contributed by atoms with Gasteiger partial charge in [-0.1, -0.05) is 0 Å². The van der Waals surface area contributed by atoms with E-state index in [9.17, 15) is 9.18 Å². The highest BCUT2D eigenvalue weighted by Crippen LogP contribution is 2.13. The van der Waals surface area contributed by atoms with Gasteiger partial charge in [0.2, 0.25) is 0 Å². The lowest BCUT2D eigenvalue weighted by molar-refractivity contribution is 0.0600. The quantitative estimate of drug-likeness (QED) is 0.733. The molecule has 0 amide bonds. The van der Waals surface area contributed by atoms with Crippen LogP contribution < -0.4 is 0 Å². The van der Waals surface area contributed by atoms with Gasteiger partial charge in [-0.05, 0) is 6.07 Å². The molecule has 0 fully saturated rings. The van der Waals surface area contributed by atoms with E-state index in [0.717, 1.165) is 0 Å².